The van der Waals surface area contributed by atoms with Crippen LogP contribution < -0.4 is 4.74 Å². The highest BCUT2D eigenvalue weighted by molar-refractivity contribution is 6.31. The first-order valence-electron chi connectivity index (χ1n) is 10.8. The topological polar surface area (TPSA) is 88.6 Å². The van der Waals surface area contributed by atoms with E-state index in [9.17, 15) is 0 Å². The fourth-order valence-electron chi connectivity index (χ4n) is 4.40. The van der Waals surface area contributed by atoms with Gasteiger partial charge in [0.2, 0.25) is 5.90 Å². The number of benzene rings is 2. The van der Waals surface area contributed by atoms with E-state index in [4.69, 9.17) is 35.8 Å². The Balaban J connectivity index is 1.44. The number of hydrogen-bond donors (Lipinski definition) is 0. The number of imidazole rings is 1. The van der Waals surface area contributed by atoms with E-state index in [1.165, 1.54) is 0 Å². The highest BCUT2D eigenvalue weighted by atomic mass is 35.5. The lowest BCUT2D eigenvalue weighted by molar-refractivity contribution is 0.174. The predicted molar refractivity (Wildman–Crippen MR) is 126 cm³/mol. The summed E-state index contributed by atoms with van der Waals surface area (Å²) in [4.78, 5) is 9.56. The first-order valence-corrected chi connectivity index (χ1v) is 11.2. The molecule has 1 unspecified atom stereocenters. The molecule has 4 aromatic rings. The zero-order chi connectivity index (χ0) is 23.2. The summed E-state index contributed by atoms with van der Waals surface area (Å²) < 4.78 is 20.7. The van der Waals surface area contributed by atoms with E-state index in [1.54, 1.807) is 20.5 Å². The Labute approximate surface area is 200 Å². The van der Waals surface area contributed by atoms with Crippen molar-refractivity contribution in [3.05, 3.63) is 76.6 Å². The second-order valence-corrected chi connectivity index (χ2v) is 8.50. The van der Waals surface area contributed by atoms with E-state index in [0.717, 1.165) is 39.9 Å². The lowest BCUT2D eigenvalue weighted by Gasteiger charge is -2.09. The van der Waals surface area contributed by atoms with Crippen LogP contribution in [0.5, 0.6) is 5.75 Å². The highest BCUT2D eigenvalue weighted by Crippen LogP contribution is 2.35. The summed E-state index contributed by atoms with van der Waals surface area (Å²) >= 11 is 6.34. The van der Waals surface area contributed by atoms with Gasteiger partial charge in [0, 0.05) is 17.7 Å². The Bertz CT molecular complexity index is 1410. The average molecular weight is 477 g/mol. The molecule has 0 spiro atoms. The zero-order valence-corrected chi connectivity index (χ0v) is 19.4. The van der Waals surface area contributed by atoms with Gasteiger partial charge in [-0.2, -0.15) is 0 Å². The Morgan fingerprint density at radius 2 is 1.97 bits per heavy atom. The van der Waals surface area contributed by atoms with Crippen LogP contribution in [0.2, 0.25) is 5.02 Å². The van der Waals surface area contributed by atoms with Crippen LogP contribution in [0.3, 0.4) is 0 Å². The van der Waals surface area contributed by atoms with Gasteiger partial charge in [0.05, 0.1) is 25.0 Å². The molecule has 2 aromatic carbocycles. The number of methoxy groups -OCH3 is 2. The van der Waals surface area contributed by atoms with Crippen molar-refractivity contribution in [2.24, 2.45) is 4.99 Å². The lowest BCUT2D eigenvalue weighted by atomic mass is 10.1. The molecule has 10 heteroatoms. The summed E-state index contributed by atoms with van der Waals surface area (Å²) in [6.45, 7) is 1.27. The second-order valence-electron chi connectivity index (χ2n) is 8.06. The molecule has 2 aliphatic heterocycles. The van der Waals surface area contributed by atoms with Gasteiger partial charge in [0.1, 0.15) is 37.0 Å². The third-order valence-electron chi connectivity index (χ3n) is 6.09. The largest absolute Gasteiger partial charge is 0.497 e. The fourth-order valence-corrected chi connectivity index (χ4v) is 4.57. The minimum Gasteiger partial charge on any atom is -0.497 e. The quantitative estimate of drug-likeness (QED) is 0.383. The van der Waals surface area contributed by atoms with Gasteiger partial charge in [-0.25, -0.2) is 9.98 Å². The minimum absolute atomic E-state index is 0.107. The van der Waals surface area contributed by atoms with Gasteiger partial charge in [-0.1, -0.05) is 23.7 Å². The van der Waals surface area contributed by atoms with Gasteiger partial charge in [0.25, 0.3) is 0 Å². The molecule has 0 fully saturated rings. The summed E-state index contributed by atoms with van der Waals surface area (Å²) in [5, 5.41) is 9.42. The van der Waals surface area contributed by atoms with E-state index in [2.05, 4.69) is 10.2 Å². The van der Waals surface area contributed by atoms with Crippen LogP contribution in [0, 0.1) is 0 Å². The van der Waals surface area contributed by atoms with Crippen molar-refractivity contribution in [2.75, 3.05) is 20.8 Å². The Morgan fingerprint density at radius 1 is 1.12 bits per heavy atom. The van der Waals surface area contributed by atoms with Crippen molar-refractivity contribution in [3.8, 4) is 22.8 Å². The molecule has 172 valence electrons. The van der Waals surface area contributed by atoms with Crippen molar-refractivity contribution in [1.29, 1.82) is 0 Å². The lowest BCUT2D eigenvalue weighted by Crippen LogP contribution is -2.13. The van der Waals surface area contributed by atoms with E-state index in [1.807, 2.05) is 51.6 Å². The molecule has 2 aliphatic rings. The number of nitrogens with zero attached hydrogens (tertiary/aromatic N) is 6. The van der Waals surface area contributed by atoms with Gasteiger partial charge in [-0.15, -0.1) is 10.2 Å². The van der Waals surface area contributed by atoms with Gasteiger partial charge in [-0.3, -0.25) is 4.57 Å². The zero-order valence-electron chi connectivity index (χ0n) is 18.6. The van der Waals surface area contributed by atoms with Crippen LogP contribution in [0.15, 0.2) is 53.8 Å². The summed E-state index contributed by atoms with van der Waals surface area (Å²) in [5.41, 5.74) is 4.47. The highest BCUT2D eigenvalue weighted by Gasteiger charge is 2.31. The van der Waals surface area contributed by atoms with Gasteiger partial charge in [0.15, 0.2) is 11.6 Å². The van der Waals surface area contributed by atoms with Gasteiger partial charge >= 0.3 is 0 Å². The maximum Gasteiger partial charge on any atom is 0.238 e. The molecule has 0 bridgehead atoms. The standard InChI is InChI=1S/C24H21ClN6O3/c1-32-12-21-28-29-23-17-9-15(25)5-8-19(17)31-13-26-22(20(31)10-30(21)23)24-27-18(11-34-24)14-3-6-16(33-2)7-4-14/h3-9,13,18H,10-12H2,1-2H3. The summed E-state index contributed by atoms with van der Waals surface area (Å²) in [6.07, 6.45) is 1.79. The minimum atomic E-state index is -0.107. The molecular weight excluding hydrogens is 456 g/mol. The summed E-state index contributed by atoms with van der Waals surface area (Å²) in [6, 6.07) is 13.5. The number of fused-ring (bicyclic) bond motifs is 5. The van der Waals surface area contributed by atoms with Crippen molar-refractivity contribution < 1.29 is 14.2 Å². The number of halogens is 1. The molecule has 2 aromatic heterocycles. The third-order valence-corrected chi connectivity index (χ3v) is 6.32. The summed E-state index contributed by atoms with van der Waals surface area (Å²) in [7, 11) is 3.29. The second kappa shape index (κ2) is 8.27. The first kappa shape index (κ1) is 20.9. The average Bonchev–Trinajstić information content (AvgIpc) is 3.57. The van der Waals surface area contributed by atoms with Crippen molar-refractivity contribution in [1.82, 2.24) is 24.3 Å². The molecule has 0 radical (unpaired) electrons. The number of rotatable bonds is 5. The molecule has 0 amide bonds. The molecule has 1 atom stereocenters. The van der Waals surface area contributed by atoms with Crippen LogP contribution in [0.4, 0.5) is 0 Å². The van der Waals surface area contributed by atoms with Crippen LogP contribution in [-0.4, -0.2) is 51.0 Å². The van der Waals surface area contributed by atoms with E-state index < -0.39 is 0 Å². The van der Waals surface area contributed by atoms with Crippen molar-refractivity contribution >= 4 is 17.5 Å². The molecule has 0 saturated carbocycles. The number of aliphatic imine (C=N–C) groups is 1. The van der Waals surface area contributed by atoms with Crippen LogP contribution >= 0.6 is 11.6 Å². The van der Waals surface area contributed by atoms with Crippen LogP contribution in [0.1, 0.15) is 28.8 Å². The maximum absolute atomic E-state index is 6.34. The van der Waals surface area contributed by atoms with Gasteiger partial charge < -0.3 is 18.8 Å². The van der Waals surface area contributed by atoms with Crippen molar-refractivity contribution in [2.45, 2.75) is 19.2 Å². The Morgan fingerprint density at radius 3 is 2.76 bits per heavy atom. The molecule has 4 heterocycles. The van der Waals surface area contributed by atoms with E-state index >= 15 is 0 Å². The van der Waals surface area contributed by atoms with Gasteiger partial charge in [-0.05, 0) is 35.9 Å². The molecule has 0 saturated heterocycles. The SMILES string of the molecule is COCc1nnc2n1Cc1c(C3=NC(c4ccc(OC)cc4)CO3)ncn1-c1ccc(Cl)cc1-2. The molecule has 0 N–H and O–H groups in total. The molecule has 9 nitrogen and oxygen atoms in total. The fraction of sp³-hybridized carbons (Fsp3) is 0.250. The van der Waals surface area contributed by atoms with E-state index in [-0.39, 0.29) is 6.04 Å². The van der Waals surface area contributed by atoms with Crippen LogP contribution in [-0.2, 0) is 22.6 Å². The predicted octanol–water partition coefficient (Wildman–Crippen LogP) is 3.82. The summed E-state index contributed by atoms with van der Waals surface area (Å²) in [5.74, 6) is 2.77. The number of aromatic nitrogens is 5. The first-order chi connectivity index (χ1) is 16.7. The normalized spacial score (nSPS) is 16.2. The Kier molecular flexibility index (Phi) is 5.08. The smallest absolute Gasteiger partial charge is 0.238 e. The monoisotopic (exact) mass is 476 g/mol. The van der Waals surface area contributed by atoms with E-state index in [0.29, 0.717) is 36.4 Å². The Hall–Kier alpha value is -3.69. The third kappa shape index (κ3) is 3.36. The van der Waals surface area contributed by atoms with Crippen molar-refractivity contribution in [3.63, 3.8) is 0 Å². The number of hydrogen-bond acceptors (Lipinski definition) is 7. The maximum atomic E-state index is 6.34. The van der Waals surface area contributed by atoms with Crippen LogP contribution in [0.25, 0.3) is 17.1 Å². The molecule has 34 heavy (non-hydrogen) atoms. The molecular formula is C24H21ClN6O3. The number of ether oxygens (including phenoxy) is 3. The molecule has 6 rings (SSSR count). The molecule has 0 aliphatic carbocycles.